The zero-order valence-corrected chi connectivity index (χ0v) is 11.3. The maximum Gasteiger partial charge on any atom is 0.401 e. The van der Waals surface area contributed by atoms with Crippen molar-refractivity contribution in [1.82, 2.24) is 4.90 Å². The van der Waals surface area contributed by atoms with Gasteiger partial charge in [-0.05, 0) is 33.0 Å². The number of hydrogen-bond acceptors (Lipinski definition) is 2. The highest BCUT2D eigenvalue weighted by molar-refractivity contribution is 5.96. The summed E-state index contributed by atoms with van der Waals surface area (Å²) in [5.74, 6) is -0.124. The van der Waals surface area contributed by atoms with Crippen molar-refractivity contribution in [3.05, 3.63) is 34.9 Å². The Morgan fingerprint density at radius 1 is 1.16 bits per heavy atom. The van der Waals surface area contributed by atoms with E-state index < -0.39 is 12.7 Å². The Morgan fingerprint density at radius 3 is 2.16 bits per heavy atom. The average Bonchev–Trinajstić information content (AvgIpc) is 2.22. The monoisotopic (exact) mass is 273 g/mol. The van der Waals surface area contributed by atoms with E-state index in [2.05, 4.69) is 0 Å². The third-order valence-electron chi connectivity index (χ3n) is 2.71. The van der Waals surface area contributed by atoms with Crippen LogP contribution in [0.25, 0.3) is 0 Å². The summed E-state index contributed by atoms with van der Waals surface area (Å²) in [6.45, 7) is 2.89. The molecule has 0 saturated carbocycles. The highest BCUT2D eigenvalue weighted by Gasteiger charge is 2.29. The number of ketones is 1. The number of Topliss-reactive ketones (excluding diaryl/α,β-unsaturated/α-hetero) is 1. The molecule has 0 spiro atoms. The molecule has 1 aromatic rings. The summed E-state index contributed by atoms with van der Waals surface area (Å²) in [7, 11) is 1.36. The van der Waals surface area contributed by atoms with Crippen molar-refractivity contribution in [1.29, 1.82) is 0 Å². The first kappa shape index (κ1) is 15.7. The van der Waals surface area contributed by atoms with Crippen LogP contribution in [0, 0.1) is 13.8 Å². The molecule has 0 heterocycles. The van der Waals surface area contributed by atoms with Crippen molar-refractivity contribution < 1.29 is 18.0 Å². The number of aryl methyl sites for hydroxylation is 2. The average molecular weight is 273 g/mol. The molecule has 0 fully saturated rings. The van der Waals surface area contributed by atoms with Crippen molar-refractivity contribution in [2.24, 2.45) is 0 Å². The predicted molar refractivity (Wildman–Crippen MR) is 68.4 cm³/mol. The lowest BCUT2D eigenvalue weighted by molar-refractivity contribution is -0.142. The van der Waals surface area contributed by atoms with Crippen molar-refractivity contribution in [2.45, 2.75) is 26.4 Å². The van der Waals surface area contributed by atoms with Crippen LogP contribution in [0.5, 0.6) is 0 Å². The quantitative estimate of drug-likeness (QED) is 0.767. The Balaban J connectivity index is 2.56. The molecule has 1 aromatic carbocycles. The van der Waals surface area contributed by atoms with E-state index in [1.54, 1.807) is 12.1 Å². The lowest BCUT2D eigenvalue weighted by Gasteiger charge is -2.17. The van der Waals surface area contributed by atoms with E-state index in [1.807, 2.05) is 19.9 Å². The molecule has 0 saturated heterocycles. The first-order valence-corrected chi connectivity index (χ1v) is 6.04. The summed E-state index contributed by atoms with van der Waals surface area (Å²) >= 11 is 0. The second-order valence-electron chi connectivity index (χ2n) is 4.90. The third-order valence-corrected chi connectivity index (χ3v) is 2.71. The van der Waals surface area contributed by atoms with E-state index in [-0.39, 0.29) is 18.7 Å². The van der Waals surface area contributed by atoms with Gasteiger partial charge in [-0.15, -0.1) is 0 Å². The molecule has 0 amide bonds. The van der Waals surface area contributed by atoms with Gasteiger partial charge in [0.05, 0.1) is 6.54 Å². The van der Waals surface area contributed by atoms with E-state index in [4.69, 9.17) is 0 Å². The Labute approximate surface area is 111 Å². The largest absolute Gasteiger partial charge is 0.401 e. The van der Waals surface area contributed by atoms with Crippen LogP contribution < -0.4 is 0 Å². The Kier molecular flexibility index (Phi) is 5.11. The molecule has 2 nitrogen and oxygen atoms in total. The molecule has 5 heteroatoms. The maximum atomic E-state index is 12.1. The van der Waals surface area contributed by atoms with Crippen LogP contribution in [-0.2, 0) is 0 Å². The number of halogens is 3. The van der Waals surface area contributed by atoms with Crippen molar-refractivity contribution in [3.63, 3.8) is 0 Å². The van der Waals surface area contributed by atoms with Crippen LogP contribution in [0.2, 0.25) is 0 Å². The van der Waals surface area contributed by atoms with E-state index in [0.29, 0.717) is 5.56 Å². The van der Waals surface area contributed by atoms with Crippen LogP contribution in [-0.4, -0.2) is 37.0 Å². The van der Waals surface area contributed by atoms with Gasteiger partial charge < -0.3 is 0 Å². The van der Waals surface area contributed by atoms with Crippen molar-refractivity contribution in [2.75, 3.05) is 20.1 Å². The van der Waals surface area contributed by atoms with Gasteiger partial charge in [-0.1, -0.05) is 17.2 Å². The summed E-state index contributed by atoms with van der Waals surface area (Å²) in [6, 6.07) is 5.48. The number of carbonyl (C=O) groups is 1. The number of rotatable bonds is 5. The van der Waals surface area contributed by atoms with E-state index in [1.165, 1.54) is 7.05 Å². The summed E-state index contributed by atoms with van der Waals surface area (Å²) in [6.07, 6.45) is -4.13. The summed E-state index contributed by atoms with van der Waals surface area (Å²) in [4.78, 5) is 13.0. The van der Waals surface area contributed by atoms with E-state index >= 15 is 0 Å². The normalized spacial score (nSPS) is 11.9. The Bertz CT molecular complexity index is 434. The summed E-state index contributed by atoms with van der Waals surface area (Å²) < 4.78 is 36.4. The number of benzene rings is 1. The molecule has 0 bridgehead atoms. The molecule has 19 heavy (non-hydrogen) atoms. The molecule has 0 aliphatic heterocycles. The van der Waals surface area contributed by atoms with Gasteiger partial charge in [0.2, 0.25) is 0 Å². The van der Waals surface area contributed by atoms with Crippen LogP contribution in [0.4, 0.5) is 13.2 Å². The Hall–Kier alpha value is -1.36. The maximum absolute atomic E-state index is 12.1. The number of hydrogen-bond donors (Lipinski definition) is 0. The van der Waals surface area contributed by atoms with Gasteiger partial charge in [-0.3, -0.25) is 9.69 Å². The van der Waals surface area contributed by atoms with Crippen LogP contribution in [0.1, 0.15) is 27.9 Å². The zero-order valence-electron chi connectivity index (χ0n) is 11.3. The standard InChI is InChI=1S/C14H18F3NO/c1-10-6-11(2)8-12(7-10)13(19)4-5-18(3)9-14(15,16)17/h6-8H,4-5,9H2,1-3H3. The predicted octanol–water partition coefficient (Wildman–Crippen LogP) is 3.37. The topological polar surface area (TPSA) is 20.3 Å². The second-order valence-corrected chi connectivity index (χ2v) is 4.90. The number of alkyl halides is 3. The van der Waals surface area contributed by atoms with Gasteiger partial charge in [0, 0.05) is 18.5 Å². The fraction of sp³-hybridized carbons (Fsp3) is 0.500. The van der Waals surface area contributed by atoms with Gasteiger partial charge >= 0.3 is 6.18 Å². The number of nitrogens with zero attached hydrogens (tertiary/aromatic N) is 1. The highest BCUT2D eigenvalue weighted by Crippen LogP contribution is 2.16. The van der Waals surface area contributed by atoms with E-state index in [9.17, 15) is 18.0 Å². The molecule has 1 rings (SSSR count). The Morgan fingerprint density at radius 2 is 1.68 bits per heavy atom. The van der Waals surface area contributed by atoms with Crippen LogP contribution in [0.3, 0.4) is 0 Å². The lowest BCUT2D eigenvalue weighted by atomic mass is 10.0. The molecule has 0 aliphatic carbocycles. The summed E-state index contributed by atoms with van der Waals surface area (Å²) in [5, 5.41) is 0. The van der Waals surface area contributed by atoms with Gasteiger partial charge in [0.15, 0.2) is 5.78 Å². The molecular formula is C14H18F3NO. The highest BCUT2D eigenvalue weighted by atomic mass is 19.4. The lowest BCUT2D eigenvalue weighted by Crippen LogP contribution is -2.32. The SMILES string of the molecule is Cc1cc(C)cc(C(=O)CCN(C)CC(F)(F)F)c1. The molecule has 0 radical (unpaired) electrons. The van der Waals surface area contributed by atoms with E-state index in [0.717, 1.165) is 16.0 Å². The number of carbonyl (C=O) groups excluding carboxylic acids is 1. The molecule has 0 N–H and O–H groups in total. The molecule has 0 aromatic heterocycles. The van der Waals surface area contributed by atoms with Crippen LogP contribution in [0.15, 0.2) is 18.2 Å². The minimum atomic E-state index is -4.22. The summed E-state index contributed by atoms with van der Waals surface area (Å²) in [5.41, 5.74) is 2.52. The third kappa shape index (κ3) is 5.87. The molecule has 0 aliphatic rings. The van der Waals surface area contributed by atoms with Crippen molar-refractivity contribution >= 4 is 5.78 Å². The molecular weight excluding hydrogens is 255 g/mol. The first-order valence-electron chi connectivity index (χ1n) is 6.04. The fourth-order valence-electron chi connectivity index (χ4n) is 1.96. The fourth-order valence-corrected chi connectivity index (χ4v) is 1.96. The minimum Gasteiger partial charge on any atom is -0.298 e. The van der Waals surface area contributed by atoms with Crippen LogP contribution >= 0.6 is 0 Å². The van der Waals surface area contributed by atoms with Gasteiger partial charge in [-0.25, -0.2) is 0 Å². The van der Waals surface area contributed by atoms with Gasteiger partial charge in [0.25, 0.3) is 0 Å². The van der Waals surface area contributed by atoms with Crippen molar-refractivity contribution in [3.8, 4) is 0 Å². The minimum absolute atomic E-state index is 0.0927. The molecule has 0 atom stereocenters. The zero-order chi connectivity index (χ0) is 14.6. The van der Waals surface area contributed by atoms with Gasteiger partial charge in [-0.2, -0.15) is 13.2 Å². The first-order chi connectivity index (χ1) is 8.67. The van der Waals surface area contributed by atoms with Gasteiger partial charge in [0.1, 0.15) is 0 Å². The smallest absolute Gasteiger partial charge is 0.298 e. The molecule has 106 valence electrons. The molecule has 0 unspecified atom stereocenters. The second kappa shape index (κ2) is 6.19.